The van der Waals surface area contributed by atoms with Crippen LogP contribution in [0, 0.1) is 0 Å². The van der Waals surface area contributed by atoms with Crippen LogP contribution in [0.1, 0.15) is 16.9 Å². The minimum atomic E-state index is -0.0538. The predicted octanol–water partition coefficient (Wildman–Crippen LogP) is 2.14. The average molecular weight is 223 g/mol. The number of carbonyl (C=O) groups excluding carboxylic acids is 1. The van der Waals surface area contributed by atoms with E-state index in [2.05, 4.69) is 11.1 Å². The third-order valence-corrected chi connectivity index (χ3v) is 2.52. The van der Waals surface area contributed by atoms with Gasteiger partial charge < -0.3 is 4.90 Å². The predicted molar refractivity (Wildman–Crippen MR) is 58.9 cm³/mol. The average Bonchev–Trinajstić information content (AvgIpc) is 2.29. The van der Waals surface area contributed by atoms with Crippen LogP contribution in [0.25, 0.3) is 0 Å². The van der Waals surface area contributed by atoms with Crippen molar-refractivity contribution in [2.45, 2.75) is 6.42 Å². The number of amides is 1. The molecule has 0 aliphatic carbocycles. The molecule has 0 aromatic carbocycles. The summed E-state index contributed by atoms with van der Waals surface area (Å²) >= 11 is 5.80. The lowest BCUT2D eigenvalue weighted by Gasteiger charge is -2.22. The highest BCUT2D eigenvalue weighted by Gasteiger charge is 2.16. The van der Waals surface area contributed by atoms with Gasteiger partial charge >= 0.3 is 0 Å². The molecule has 0 spiro atoms. The molecule has 78 valence electrons. The van der Waals surface area contributed by atoms with E-state index in [4.69, 9.17) is 11.6 Å². The summed E-state index contributed by atoms with van der Waals surface area (Å²) in [5.41, 5.74) is 0.415. The van der Waals surface area contributed by atoms with Crippen molar-refractivity contribution in [3.63, 3.8) is 0 Å². The van der Waals surface area contributed by atoms with Crippen molar-refractivity contribution in [3.8, 4) is 0 Å². The van der Waals surface area contributed by atoms with E-state index in [-0.39, 0.29) is 5.91 Å². The number of rotatable bonds is 1. The number of hydrogen-bond donors (Lipinski definition) is 0. The first-order valence-corrected chi connectivity index (χ1v) is 5.21. The van der Waals surface area contributed by atoms with E-state index in [1.807, 2.05) is 6.08 Å². The van der Waals surface area contributed by atoms with Crippen LogP contribution < -0.4 is 0 Å². The smallest absolute Gasteiger partial charge is 0.272 e. The Bertz CT molecular complexity index is 403. The third kappa shape index (κ3) is 2.36. The molecule has 1 amide bonds. The fraction of sp³-hybridized carbons (Fsp3) is 0.273. The maximum absolute atomic E-state index is 11.9. The Hall–Kier alpha value is -1.35. The maximum Gasteiger partial charge on any atom is 0.272 e. The van der Waals surface area contributed by atoms with Crippen molar-refractivity contribution in [1.82, 2.24) is 9.88 Å². The summed E-state index contributed by atoms with van der Waals surface area (Å²) in [6, 6.07) is 3.26. The Morgan fingerprint density at radius 2 is 2.33 bits per heavy atom. The molecular weight excluding hydrogens is 212 g/mol. The third-order valence-electron chi connectivity index (χ3n) is 2.29. The summed E-state index contributed by atoms with van der Waals surface area (Å²) in [5, 5.41) is 0.543. The monoisotopic (exact) mass is 222 g/mol. The Morgan fingerprint density at radius 3 is 3.00 bits per heavy atom. The fourth-order valence-electron chi connectivity index (χ4n) is 1.51. The molecule has 2 heterocycles. The standard InChI is InChI=1S/C11H11ClN2O/c12-9-4-5-13-10(8-9)11(15)14-6-2-1-3-7-14/h1-2,4-5,8H,3,6-7H2. The van der Waals surface area contributed by atoms with Crippen LogP contribution in [0.4, 0.5) is 0 Å². The van der Waals surface area contributed by atoms with Gasteiger partial charge in [-0.3, -0.25) is 9.78 Å². The zero-order valence-electron chi connectivity index (χ0n) is 8.19. The Kier molecular flexibility index (Phi) is 3.02. The highest BCUT2D eigenvalue weighted by molar-refractivity contribution is 6.30. The van der Waals surface area contributed by atoms with Crippen LogP contribution in [0.3, 0.4) is 0 Å². The molecule has 0 N–H and O–H groups in total. The van der Waals surface area contributed by atoms with Gasteiger partial charge in [-0.05, 0) is 18.6 Å². The molecule has 4 heteroatoms. The van der Waals surface area contributed by atoms with Crippen LogP contribution >= 0.6 is 11.6 Å². The second kappa shape index (κ2) is 4.45. The number of pyridine rings is 1. The van der Waals surface area contributed by atoms with Gasteiger partial charge in [-0.2, -0.15) is 0 Å². The molecule has 1 aromatic heterocycles. The van der Waals surface area contributed by atoms with E-state index in [1.165, 1.54) is 0 Å². The maximum atomic E-state index is 11.9. The summed E-state index contributed by atoms with van der Waals surface area (Å²) in [7, 11) is 0. The lowest BCUT2D eigenvalue weighted by Crippen LogP contribution is -2.34. The van der Waals surface area contributed by atoms with E-state index < -0.39 is 0 Å². The van der Waals surface area contributed by atoms with Gasteiger partial charge in [0.05, 0.1) is 0 Å². The number of carbonyl (C=O) groups is 1. The molecule has 0 bridgehead atoms. The quantitative estimate of drug-likeness (QED) is 0.682. The second-order valence-corrected chi connectivity index (χ2v) is 3.81. The minimum Gasteiger partial charge on any atom is -0.333 e. The summed E-state index contributed by atoms with van der Waals surface area (Å²) in [6.07, 6.45) is 6.53. The van der Waals surface area contributed by atoms with Crippen LogP contribution in [-0.2, 0) is 0 Å². The molecule has 1 aliphatic heterocycles. The van der Waals surface area contributed by atoms with Gasteiger partial charge in [-0.15, -0.1) is 0 Å². The van der Waals surface area contributed by atoms with Crippen molar-refractivity contribution in [2.24, 2.45) is 0 Å². The van der Waals surface area contributed by atoms with E-state index >= 15 is 0 Å². The fourth-order valence-corrected chi connectivity index (χ4v) is 1.67. The lowest BCUT2D eigenvalue weighted by molar-refractivity contribution is 0.0765. The first kappa shape index (κ1) is 10.2. The number of hydrogen-bond acceptors (Lipinski definition) is 2. The molecule has 2 rings (SSSR count). The molecular formula is C11H11ClN2O. The van der Waals surface area contributed by atoms with Gasteiger partial charge in [-0.25, -0.2) is 0 Å². The van der Waals surface area contributed by atoms with Gasteiger partial charge in [0.15, 0.2) is 0 Å². The first-order chi connectivity index (χ1) is 7.27. The molecule has 0 fully saturated rings. The van der Waals surface area contributed by atoms with E-state index in [0.717, 1.165) is 13.0 Å². The topological polar surface area (TPSA) is 33.2 Å². The van der Waals surface area contributed by atoms with Crippen LogP contribution in [0.5, 0.6) is 0 Å². The first-order valence-electron chi connectivity index (χ1n) is 4.83. The molecule has 0 unspecified atom stereocenters. The molecule has 0 atom stereocenters. The molecule has 0 radical (unpaired) electrons. The molecule has 0 saturated heterocycles. The summed E-state index contributed by atoms with van der Waals surface area (Å²) < 4.78 is 0. The van der Waals surface area contributed by atoms with Gasteiger partial charge in [-0.1, -0.05) is 23.8 Å². The highest BCUT2D eigenvalue weighted by atomic mass is 35.5. The summed E-state index contributed by atoms with van der Waals surface area (Å²) in [6.45, 7) is 1.41. The molecule has 0 saturated carbocycles. The van der Waals surface area contributed by atoms with Crippen LogP contribution in [0.15, 0.2) is 30.5 Å². The summed E-state index contributed by atoms with van der Waals surface area (Å²) in [4.78, 5) is 17.7. The number of halogens is 1. The van der Waals surface area contributed by atoms with Crippen LogP contribution in [-0.4, -0.2) is 28.9 Å². The number of nitrogens with zero attached hydrogens (tertiary/aromatic N) is 2. The number of aromatic nitrogens is 1. The molecule has 1 aliphatic rings. The Labute approximate surface area is 93.4 Å². The van der Waals surface area contributed by atoms with E-state index in [0.29, 0.717) is 17.3 Å². The van der Waals surface area contributed by atoms with Gasteiger partial charge in [0.25, 0.3) is 5.91 Å². The van der Waals surface area contributed by atoms with Gasteiger partial charge in [0.2, 0.25) is 0 Å². The van der Waals surface area contributed by atoms with Crippen molar-refractivity contribution in [2.75, 3.05) is 13.1 Å². The highest BCUT2D eigenvalue weighted by Crippen LogP contribution is 2.11. The van der Waals surface area contributed by atoms with Crippen LogP contribution in [0.2, 0.25) is 5.02 Å². The SMILES string of the molecule is O=C(c1cc(Cl)ccn1)N1CC=CCC1. The Morgan fingerprint density at radius 1 is 1.47 bits per heavy atom. The summed E-state index contributed by atoms with van der Waals surface area (Å²) in [5.74, 6) is -0.0538. The zero-order valence-corrected chi connectivity index (χ0v) is 8.94. The molecule has 15 heavy (non-hydrogen) atoms. The van der Waals surface area contributed by atoms with Gasteiger partial charge in [0.1, 0.15) is 5.69 Å². The normalized spacial score (nSPS) is 15.4. The largest absolute Gasteiger partial charge is 0.333 e. The van der Waals surface area contributed by atoms with E-state index in [1.54, 1.807) is 23.2 Å². The van der Waals surface area contributed by atoms with E-state index in [9.17, 15) is 4.79 Å². The van der Waals surface area contributed by atoms with Gasteiger partial charge in [0, 0.05) is 24.3 Å². The molecule has 3 nitrogen and oxygen atoms in total. The molecule has 1 aromatic rings. The van der Waals surface area contributed by atoms with Crippen molar-refractivity contribution in [1.29, 1.82) is 0 Å². The van der Waals surface area contributed by atoms with Crippen molar-refractivity contribution < 1.29 is 4.79 Å². The zero-order chi connectivity index (χ0) is 10.7. The Balaban J connectivity index is 2.16. The second-order valence-electron chi connectivity index (χ2n) is 3.37. The minimum absolute atomic E-state index is 0.0538. The lowest BCUT2D eigenvalue weighted by atomic mass is 10.2. The van der Waals surface area contributed by atoms with Crippen molar-refractivity contribution in [3.05, 3.63) is 41.2 Å². The van der Waals surface area contributed by atoms with Crippen molar-refractivity contribution >= 4 is 17.5 Å².